The van der Waals surface area contributed by atoms with Crippen molar-refractivity contribution in [2.75, 3.05) is 6.61 Å². The molecule has 0 atom stereocenters. The Bertz CT molecular complexity index is 284. The van der Waals surface area contributed by atoms with Crippen LogP contribution in [-0.4, -0.2) is 29.7 Å². The minimum Gasteiger partial charge on any atom is -1.00 e. The Morgan fingerprint density at radius 2 is 2.06 bits per heavy atom. The van der Waals surface area contributed by atoms with Crippen LogP contribution in [0.1, 0.15) is 38.2 Å². The summed E-state index contributed by atoms with van der Waals surface area (Å²) >= 11 is 0. The maximum atomic E-state index is 13.1. The molecule has 0 radical (unpaired) electrons. The second-order valence-electron chi connectivity index (χ2n) is 3.63. The smallest absolute Gasteiger partial charge is 1.00 e. The van der Waals surface area contributed by atoms with Crippen molar-refractivity contribution >= 4 is 23.1 Å². The zero-order valence-electron chi connectivity index (χ0n) is 10.3. The summed E-state index contributed by atoms with van der Waals surface area (Å²) in [6.07, 6.45) is 4.73. The number of ether oxygens (including phenoxy) is 1. The van der Waals surface area contributed by atoms with Crippen molar-refractivity contribution < 1.29 is 26.1 Å². The molecular formula is C13H18BrFMgO. The van der Waals surface area contributed by atoms with E-state index in [4.69, 9.17) is 4.74 Å². The molecule has 17 heavy (non-hydrogen) atoms. The molecule has 0 fully saturated rings. The van der Waals surface area contributed by atoms with Crippen LogP contribution in [0.15, 0.2) is 18.2 Å². The van der Waals surface area contributed by atoms with Gasteiger partial charge < -0.3 is 21.7 Å². The van der Waals surface area contributed by atoms with Crippen molar-refractivity contribution in [3.63, 3.8) is 0 Å². The zero-order chi connectivity index (χ0) is 10.9. The minimum absolute atomic E-state index is 0. The van der Waals surface area contributed by atoms with Gasteiger partial charge in [-0.2, -0.15) is 18.2 Å². The van der Waals surface area contributed by atoms with Crippen molar-refractivity contribution in [2.45, 2.75) is 39.2 Å². The second-order valence-corrected chi connectivity index (χ2v) is 3.63. The molecule has 0 saturated carbocycles. The molecule has 1 rings (SSSR count). The number of rotatable bonds is 7. The maximum Gasteiger partial charge on any atom is 2.00 e. The first-order valence-electron chi connectivity index (χ1n) is 5.57. The predicted octanol–water partition coefficient (Wildman–Crippen LogP) is 0.346. The largest absolute Gasteiger partial charge is 2.00 e. The molecule has 0 aliphatic rings. The van der Waals surface area contributed by atoms with Crippen LogP contribution >= 0.6 is 0 Å². The Morgan fingerprint density at radius 3 is 2.71 bits per heavy atom. The fourth-order valence-corrected chi connectivity index (χ4v) is 1.37. The molecule has 0 amide bonds. The van der Waals surface area contributed by atoms with Crippen molar-refractivity contribution in [1.82, 2.24) is 0 Å². The quantitative estimate of drug-likeness (QED) is 0.401. The van der Waals surface area contributed by atoms with Crippen molar-refractivity contribution in [2.24, 2.45) is 0 Å². The molecule has 4 heteroatoms. The number of halogens is 2. The molecular weight excluding hydrogens is 295 g/mol. The molecule has 0 aliphatic heterocycles. The van der Waals surface area contributed by atoms with Gasteiger partial charge >= 0.3 is 23.1 Å². The van der Waals surface area contributed by atoms with Crippen LogP contribution in [0.4, 0.5) is 4.39 Å². The molecule has 0 unspecified atom stereocenters. The summed E-state index contributed by atoms with van der Waals surface area (Å²) in [5.74, 6) is -0.231. The number of hydrogen-bond acceptors (Lipinski definition) is 1. The van der Waals surface area contributed by atoms with Crippen LogP contribution in [0, 0.1) is 11.9 Å². The van der Waals surface area contributed by atoms with Gasteiger partial charge in [0.1, 0.15) is 0 Å². The standard InChI is InChI=1S/C13H18FO.BrH.Mg/c1-2-3-4-7-10-15-11-12-8-5-6-9-13(12)14;;/h5,8-9H,2-4,7,10-11H2,1H3;1H;/q-1;;+2/p-1. The monoisotopic (exact) mass is 312 g/mol. The number of unbranched alkanes of at least 4 members (excludes halogenated alkanes) is 3. The topological polar surface area (TPSA) is 9.23 Å². The molecule has 0 spiro atoms. The number of hydrogen-bond donors (Lipinski definition) is 0. The first-order valence-corrected chi connectivity index (χ1v) is 5.57. The van der Waals surface area contributed by atoms with E-state index in [9.17, 15) is 4.39 Å². The predicted molar refractivity (Wildman–Crippen MR) is 64.8 cm³/mol. The normalized spacial score (nSPS) is 9.29. The summed E-state index contributed by atoms with van der Waals surface area (Å²) in [7, 11) is 0. The summed E-state index contributed by atoms with van der Waals surface area (Å²) < 4.78 is 18.5. The van der Waals surface area contributed by atoms with Gasteiger partial charge in [-0.15, -0.1) is 6.07 Å². The van der Waals surface area contributed by atoms with Gasteiger partial charge in [-0.3, -0.25) is 4.39 Å². The molecule has 92 valence electrons. The van der Waals surface area contributed by atoms with Crippen LogP contribution < -0.4 is 17.0 Å². The molecule has 0 aliphatic carbocycles. The van der Waals surface area contributed by atoms with E-state index in [1.165, 1.54) is 25.3 Å². The van der Waals surface area contributed by atoms with E-state index in [1.54, 1.807) is 12.1 Å². The van der Waals surface area contributed by atoms with Gasteiger partial charge in [0.2, 0.25) is 0 Å². The molecule has 1 nitrogen and oxygen atoms in total. The van der Waals surface area contributed by atoms with E-state index in [0.29, 0.717) is 12.2 Å². The fraction of sp³-hybridized carbons (Fsp3) is 0.538. The fourth-order valence-electron chi connectivity index (χ4n) is 1.37. The molecule has 1 aromatic rings. The summed E-state index contributed by atoms with van der Waals surface area (Å²) in [6, 6.07) is 7.45. The van der Waals surface area contributed by atoms with Crippen molar-refractivity contribution in [1.29, 1.82) is 0 Å². The molecule has 0 saturated heterocycles. The van der Waals surface area contributed by atoms with Gasteiger partial charge in [0.25, 0.3) is 0 Å². The molecule has 0 N–H and O–H groups in total. The summed E-state index contributed by atoms with van der Waals surface area (Å²) in [4.78, 5) is 0. The molecule has 0 heterocycles. The van der Waals surface area contributed by atoms with Gasteiger partial charge in [0.15, 0.2) is 0 Å². The SMILES string of the molecule is CCCCCCOCc1cc[c-]cc1F.[Br-].[Mg+2]. The minimum atomic E-state index is -0.231. The first-order chi connectivity index (χ1) is 7.34. The average molecular weight is 313 g/mol. The third-order valence-corrected chi connectivity index (χ3v) is 2.30. The van der Waals surface area contributed by atoms with Crippen LogP contribution in [0.5, 0.6) is 0 Å². The van der Waals surface area contributed by atoms with Crippen molar-refractivity contribution in [3.05, 3.63) is 35.6 Å². The maximum absolute atomic E-state index is 13.1. The Balaban J connectivity index is 0. The van der Waals surface area contributed by atoms with Crippen LogP contribution in [0.3, 0.4) is 0 Å². The zero-order valence-corrected chi connectivity index (χ0v) is 13.3. The van der Waals surface area contributed by atoms with Gasteiger partial charge in [0.05, 0.1) is 6.61 Å². The van der Waals surface area contributed by atoms with E-state index in [0.717, 1.165) is 13.0 Å². The molecule has 0 aromatic heterocycles. The number of benzene rings is 1. The molecule has 1 aromatic carbocycles. The summed E-state index contributed by atoms with van der Waals surface area (Å²) in [6.45, 7) is 3.27. The van der Waals surface area contributed by atoms with Gasteiger partial charge in [-0.05, 0) is 6.42 Å². The Labute approximate surface area is 130 Å². The Hall–Kier alpha value is 0.356. The van der Waals surface area contributed by atoms with Crippen LogP contribution in [-0.2, 0) is 11.3 Å². The van der Waals surface area contributed by atoms with Gasteiger partial charge in [-0.25, -0.2) is 0 Å². The van der Waals surface area contributed by atoms with Crippen molar-refractivity contribution in [3.8, 4) is 0 Å². The average Bonchev–Trinajstić information content (AvgIpc) is 2.25. The summed E-state index contributed by atoms with van der Waals surface area (Å²) in [5.41, 5.74) is 0.615. The summed E-state index contributed by atoms with van der Waals surface area (Å²) in [5, 5.41) is 0. The van der Waals surface area contributed by atoms with Gasteiger partial charge in [-0.1, -0.05) is 31.7 Å². The molecule has 0 bridgehead atoms. The van der Waals surface area contributed by atoms with Crippen LogP contribution in [0.25, 0.3) is 0 Å². The Morgan fingerprint density at radius 1 is 1.29 bits per heavy atom. The van der Waals surface area contributed by atoms with E-state index >= 15 is 0 Å². The Kier molecular flexibility index (Phi) is 14.8. The van der Waals surface area contributed by atoms with Gasteiger partial charge in [0, 0.05) is 12.4 Å². The van der Waals surface area contributed by atoms with E-state index in [2.05, 4.69) is 13.0 Å². The van der Waals surface area contributed by atoms with E-state index in [-0.39, 0.29) is 45.9 Å². The third kappa shape index (κ3) is 9.00. The first kappa shape index (κ1) is 19.7. The van der Waals surface area contributed by atoms with Crippen LogP contribution in [0.2, 0.25) is 0 Å². The van der Waals surface area contributed by atoms with E-state index < -0.39 is 0 Å². The second kappa shape index (κ2) is 12.8. The third-order valence-electron chi connectivity index (χ3n) is 2.30. The van der Waals surface area contributed by atoms with E-state index in [1.807, 2.05) is 0 Å².